The molecule has 3 rings (SSSR count). The summed E-state index contributed by atoms with van der Waals surface area (Å²) in [6.07, 6.45) is 0.885. The average molecular weight is 298 g/mol. The number of para-hydroxylation sites is 1. The predicted octanol–water partition coefficient (Wildman–Crippen LogP) is 1.44. The van der Waals surface area contributed by atoms with Crippen LogP contribution >= 0.6 is 0 Å². The Hall–Kier alpha value is -2.63. The summed E-state index contributed by atoms with van der Waals surface area (Å²) in [6.45, 7) is 4.79. The van der Waals surface area contributed by atoms with Gasteiger partial charge in [-0.3, -0.25) is 4.79 Å². The number of nitrogens with zero attached hydrogens (tertiary/aromatic N) is 4. The van der Waals surface area contributed by atoms with Gasteiger partial charge in [0.1, 0.15) is 11.6 Å². The highest BCUT2D eigenvalue weighted by molar-refractivity contribution is 5.65. The van der Waals surface area contributed by atoms with E-state index >= 15 is 0 Å². The molecule has 0 bridgehead atoms. The van der Waals surface area contributed by atoms with Crippen LogP contribution in [0.1, 0.15) is 5.69 Å². The van der Waals surface area contributed by atoms with Crippen LogP contribution in [-0.4, -0.2) is 52.6 Å². The summed E-state index contributed by atoms with van der Waals surface area (Å²) in [6, 6.07) is 8.99. The first-order chi connectivity index (χ1) is 10.7. The number of hydrogen-bond acceptors (Lipinski definition) is 5. The number of carbonyl (C=O) groups is 1. The summed E-state index contributed by atoms with van der Waals surface area (Å²) in [5.41, 5.74) is 1.47. The molecule has 1 aliphatic heterocycles. The molecule has 0 atom stereocenters. The third-order valence-corrected chi connectivity index (χ3v) is 3.77. The highest BCUT2D eigenvalue weighted by Gasteiger charge is 2.18. The first kappa shape index (κ1) is 14.3. The summed E-state index contributed by atoms with van der Waals surface area (Å²) in [5, 5.41) is 9.98. The number of amides is 1. The Morgan fingerprint density at radius 1 is 1.14 bits per heavy atom. The van der Waals surface area contributed by atoms with Crippen molar-refractivity contribution in [3.8, 4) is 17.1 Å². The number of benzene rings is 1. The molecule has 0 spiro atoms. The molecule has 2 heterocycles. The second-order valence-electron chi connectivity index (χ2n) is 5.34. The quantitative estimate of drug-likeness (QED) is 0.868. The molecule has 0 saturated carbocycles. The third-order valence-electron chi connectivity index (χ3n) is 3.77. The molecule has 114 valence electrons. The molecule has 1 fully saturated rings. The monoisotopic (exact) mass is 298 g/mol. The van der Waals surface area contributed by atoms with Crippen molar-refractivity contribution in [1.29, 1.82) is 0 Å². The molecule has 1 saturated heterocycles. The van der Waals surface area contributed by atoms with Crippen molar-refractivity contribution in [2.75, 3.05) is 31.1 Å². The van der Waals surface area contributed by atoms with Gasteiger partial charge in [-0.05, 0) is 19.1 Å². The van der Waals surface area contributed by atoms with Crippen molar-refractivity contribution in [3.05, 3.63) is 36.0 Å². The standard InChI is InChI=1S/C16H18N4O2/c1-12-10-15(20-8-6-19(11-21)7-9-20)18-16(17-12)13-4-2-3-5-14(13)22/h2-5,10-11,22H,6-9H2,1H3. The zero-order valence-corrected chi connectivity index (χ0v) is 12.4. The molecule has 0 unspecified atom stereocenters. The maximum Gasteiger partial charge on any atom is 0.209 e. The summed E-state index contributed by atoms with van der Waals surface area (Å²) in [4.78, 5) is 23.7. The van der Waals surface area contributed by atoms with Gasteiger partial charge in [0.25, 0.3) is 0 Å². The smallest absolute Gasteiger partial charge is 0.209 e. The van der Waals surface area contributed by atoms with Crippen molar-refractivity contribution in [3.63, 3.8) is 0 Å². The van der Waals surface area contributed by atoms with Crippen LogP contribution in [0.25, 0.3) is 11.4 Å². The van der Waals surface area contributed by atoms with Crippen molar-refractivity contribution in [1.82, 2.24) is 14.9 Å². The fourth-order valence-corrected chi connectivity index (χ4v) is 2.55. The third kappa shape index (κ3) is 2.86. The number of rotatable bonds is 3. The van der Waals surface area contributed by atoms with Crippen LogP contribution in [0.4, 0.5) is 5.82 Å². The number of aromatic nitrogens is 2. The van der Waals surface area contributed by atoms with Crippen molar-refractivity contribution >= 4 is 12.2 Å². The number of aromatic hydroxyl groups is 1. The van der Waals surface area contributed by atoms with Gasteiger partial charge in [-0.15, -0.1) is 0 Å². The van der Waals surface area contributed by atoms with Gasteiger partial charge in [0.05, 0.1) is 5.56 Å². The first-order valence-corrected chi connectivity index (χ1v) is 7.26. The van der Waals surface area contributed by atoms with Gasteiger partial charge in [0.2, 0.25) is 6.41 Å². The van der Waals surface area contributed by atoms with Crippen LogP contribution in [0, 0.1) is 6.92 Å². The van der Waals surface area contributed by atoms with E-state index in [0.717, 1.165) is 31.0 Å². The van der Waals surface area contributed by atoms with E-state index < -0.39 is 0 Å². The number of phenolic OH excluding ortho intramolecular Hbond substituents is 1. The summed E-state index contributed by atoms with van der Waals surface area (Å²) < 4.78 is 0. The Morgan fingerprint density at radius 3 is 2.55 bits per heavy atom. The lowest BCUT2D eigenvalue weighted by atomic mass is 10.2. The van der Waals surface area contributed by atoms with Crippen LogP contribution < -0.4 is 4.90 Å². The fraction of sp³-hybridized carbons (Fsp3) is 0.312. The van der Waals surface area contributed by atoms with Crippen molar-refractivity contribution in [2.45, 2.75) is 6.92 Å². The van der Waals surface area contributed by atoms with Crippen molar-refractivity contribution in [2.24, 2.45) is 0 Å². The number of hydrogen-bond donors (Lipinski definition) is 1. The number of phenols is 1. The van der Waals surface area contributed by atoms with E-state index in [-0.39, 0.29) is 5.75 Å². The maximum absolute atomic E-state index is 10.8. The Morgan fingerprint density at radius 2 is 1.86 bits per heavy atom. The largest absolute Gasteiger partial charge is 0.507 e. The first-order valence-electron chi connectivity index (χ1n) is 7.26. The van der Waals surface area contributed by atoms with Gasteiger partial charge >= 0.3 is 0 Å². The lowest BCUT2D eigenvalue weighted by Crippen LogP contribution is -2.46. The molecule has 1 amide bonds. The van der Waals surface area contributed by atoms with Crippen LogP contribution in [0.3, 0.4) is 0 Å². The minimum Gasteiger partial charge on any atom is -0.507 e. The van der Waals surface area contributed by atoms with Gasteiger partial charge in [-0.25, -0.2) is 9.97 Å². The van der Waals surface area contributed by atoms with Crippen molar-refractivity contribution < 1.29 is 9.90 Å². The molecular weight excluding hydrogens is 280 g/mol. The molecule has 22 heavy (non-hydrogen) atoms. The molecule has 6 nitrogen and oxygen atoms in total. The summed E-state index contributed by atoms with van der Waals surface area (Å²) in [7, 11) is 0. The average Bonchev–Trinajstić information content (AvgIpc) is 2.55. The normalized spacial score (nSPS) is 15.0. The maximum atomic E-state index is 10.8. The molecule has 1 aromatic carbocycles. The van der Waals surface area contributed by atoms with Crippen LogP contribution in [0.15, 0.2) is 30.3 Å². The zero-order chi connectivity index (χ0) is 15.5. The van der Waals surface area contributed by atoms with Gasteiger partial charge in [-0.2, -0.15) is 0 Å². The highest BCUT2D eigenvalue weighted by atomic mass is 16.3. The van der Waals surface area contributed by atoms with Crippen LogP contribution in [-0.2, 0) is 4.79 Å². The second kappa shape index (κ2) is 6.01. The number of aryl methyl sites for hydroxylation is 1. The van der Waals surface area contributed by atoms with Gasteiger partial charge in [0.15, 0.2) is 5.82 Å². The van der Waals surface area contributed by atoms with E-state index in [1.54, 1.807) is 23.1 Å². The Balaban J connectivity index is 1.91. The Bertz CT molecular complexity index is 682. The van der Waals surface area contributed by atoms with E-state index in [0.29, 0.717) is 24.5 Å². The lowest BCUT2D eigenvalue weighted by Gasteiger charge is -2.33. The minimum atomic E-state index is 0.171. The van der Waals surface area contributed by atoms with Gasteiger partial charge in [0, 0.05) is 37.9 Å². The molecular formula is C16H18N4O2. The number of anilines is 1. The van der Waals surface area contributed by atoms with Gasteiger partial charge in [-0.1, -0.05) is 12.1 Å². The Labute approximate surface area is 129 Å². The zero-order valence-electron chi connectivity index (χ0n) is 12.4. The predicted molar refractivity (Wildman–Crippen MR) is 83.7 cm³/mol. The minimum absolute atomic E-state index is 0.171. The van der Waals surface area contributed by atoms with E-state index in [1.807, 2.05) is 19.1 Å². The molecule has 0 radical (unpaired) electrons. The molecule has 1 aromatic heterocycles. The molecule has 2 aromatic rings. The summed E-state index contributed by atoms with van der Waals surface area (Å²) >= 11 is 0. The van der Waals surface area contributed by atoms with E-state index in [1.165, 1.54) is 0 Å². The second-order valence-corrected chi connectivity index (χ2v) is 5.34. The topological polar surface area (TPSA) is 69.6 Å². The summed E-state index contributed by atoms with van der Waals surface area (Å²) in [5.74, 6) is 1.52. The highest BCUT2D eigenvalue weighted by Crippen LogP contribution is 2.27. The van der Waals surface area contributed by atoms with E-state index in [2.05, 4.69) is 14.9 Å². The number of carbonyl (C=O) groups excluding carboxylic acids is 1. The van der Waals surface area contributed by atoms with E-state index in [4.69, 9.17) is 0 Å². The molecule has 1 N–H and O–H groups in total. The lowest BCUT2D eigenvalue weighted by molar-refractivity contribution is -0.118. The number of piperazine rings is 1. The fourth-order valence-electron chi connectivity index (χ4n) is 2.55. The van der Waals surface area contributed by atoms with Gasteiger partial charge < -0.3 is 14.9 Å². The van der Waals surface area contributed by atoms with Crippen LogP contribution in [0.5, 0.6) is 5.75 Å². The SMILES string of the molecule is Cc1cc(N2CCN(C=O)CC2)nc(-c2ccccc2O)n1. The van der Waals surface area contributed by atoms with Crippen LogP contribution in [0.2, 0.25) is 0 Å². The molecule has 0 aliphatic carbocycles. The Kier molecular flexibility index (Phi) is 3.91. The molecule has 1 aliphatic rings. The molecule has 6 heteroatoms. The van der Waals surface area contributed by atoms with E-state index in [9.17, 15) is 9.90 Å².